The standard InChI is InChI=1S/C21H17ClFN3O5S/c1-31-16-8-6-15(7-9-16)26-32(29,30)17-4-2-3-13(11-17)20(27)24-25-21(28)18-12-14(22)5-10-19(18)23/h2-12,26H,1H3,(H,24,27)(H,25,28). The highest BCUT2D eigenvalue weighted by Gasteiger charge is 2.18. The van der Waals surface area contributed by atoms with Gasteiger partial charge in [-0.2, -0.15) is 0 Å². The molecule has 2 amide bonds. The Balaban J connectivity index is 1.70. The molecule has 0 aliphatic heterocycles. The van der Waals surface area contributed by atoms with Gasteiger partial charge in [0.15, 0.2) is 0 Å². The van der Waals surface area contributed by atoms with Gasteiger partial charge in [0.05, 0.1) is 17.6 Å². The van der Waals surface area contributed by atoms with Crippen molar-refractivity contribution in [3.63, 3.8) is 0 Å². The summed E-state index contributed by atoms with van der Waals surface area (Å²) in [6, 6.07) is 14.8. The van der Waals surface area contributed by atoms with E-state index in [1.807, 2.05) is 0 Å². The largest absolute Gasteiger partial charge is 0.497 e. The molecule has 0 unspecified atom stereocenters. The predicted octanol–water partition coefficient (Wildman–Crippen LogP) is 3.36. The van der Waals surface area contributed by atoms with Crippen LogP contribution in [0.3, 0.4) is 0 Å². The maximum atomic E-state index is 13.8. The lowest BCUT2D eigenvalue weighted by molar-refractivity contribution is 0.0844. The highest BCUT2D eigenvalue weighted by Crippen LogP contribution is 2.20. The maximum Gasteiger partial charge on any atom is 0.272 e. The molecule has 32 heavy (non-hydrogen) atoms. The molecule has 0 spiro atoms. The van der Waals surface area contributed by atoms with Crippen LogP contribution >= 0.6 is 11.6 Å². The molecule has 3 aromatic rings. The van der Waals surface area contributed by atoms with Crippen molar-refractivity contribution in [3.8, 4) is 5.75 Å². The third-order valence-electron chi connectivity index (χ3n) is 4.21. The van der Waals surface area contributed by atoms with E-state index in [0.717, 1.165) is 18.2 Å². The van der Waals surface area contributed by atoms with Crippen LogP contribution in [-0.4, -0.2) is 27.3 Å². The van der Waals surface area contributed by atoms with Crippen LogP contribution in [0.4, 0.5) is 10.1 Å². The normalized spacial score (nSPS) is 10.8. The van der Waals surface area contributed by atoms with Gasteiger partial charge in [0, 0.05) is 16.3 Å². The molecule has 166 valence electrons. The zero-order valence-corrected chi connectivity index (χ0v) is 18.1. The van der Waals surface area contributed by atoms with Crippen molar-refractivity contribution < 1.29 is 27.1 Å². The minimum absolute atomic E-state index is 0.0468. The summed E-state index contributed by atoms with van der Waals surface area (Å²) in [5, 5.41) is 0.144. The van der Waals surface area contributed by atoms with E-state index in [1.54, 1.807) is 12.1 Å². The van der Waals surface area contributed by atoms with E-state index < -0.39 is 27.7 Å². The van der Waals surface area contributed by atoms with E-state index in [9.17, 15) is 22.4 Å². The summed E-state index contributed by atoms with van der Waals surface area (Å²) < 4.78 is 46.5. The smallest absolute Gasteiger partial charge is 0.272 e. The van der Waals surface area contributed by atoms with Crippen LogP contribution in [0.15, 0.2) is 71.6 Å². The lowest BCUT2D eigenvalue weighted by Gasteiger charge is -2.11. The summed E-state index contributed by atoms with van der Waals surface area (Å²) in [5.74, 6) is -1.99. The third kappa shape index (κ3) is 5.54. The molecule has 0 aliphatic carbocycles. The van der Waals surface area contributed by atoms with E-state index in [-0.39, 0.29) is 21.0 Å². The van der Waals surface area contributed by atoms with Crippen molar-refractivity contribution in [2.45, 2.75) is 4.90 Å². The highest BCUT2D eigenvalue weighted by atomic mass is 35.5. The van der Waals surface area contributed by atoms with Crippen molar-refractivity contribution in [2.24, 2.45) is 0 Å². The molecule has 0 heterocycles. The fourth-order valence-electron chi connectivity index (χ4n) is 2.60. The first kappa shape index (κ1) is 23.0. The van der Waals surface area contributed by atoms with Crippen molar-refractivity contribution in [2.75, 3.05) is 11.8 Å². The second kappa shape index (κ2) is 9.67. The van der Waals surface area contributed by atoms with Gasteiger partial charge in [-0.25, -0.2) is 12.8 Å². The van der Waals surface area contributed by atoms with Gasteiger partial charge in [0.1, 0.15) is 11.6 Å². The summed E-state index contributed by atoms with van der Waals surface area (Å²) in [6.45, 7) is 0. The number of carbonyl (C=O) groups is 2. The lowest BCUT2D eigenvalue weighted by Crippen LogP contribution is -2.42. The Kier molecular flexibility index (Phi) is 6.96. The molecular formula is C21H17ClFN3O5S. The molecule has 0 radical (unpaired) electrons. The van der Waals surface area contributed by atoms with Gasteiger partial charge < -0.3 is 4.74 Å². The van der Waals surface area contributed by atoms with Crippen LogP contribution < -0.4 is 20.3 Å². The zero-order chi connectivity index (χ0) is 23.3. The number of amides is 2. The molecule has 3 aromatic carbocycles. The lowest BCUT2D eigenvalue weighted by atomic mass is 10.2. The monoisotopic (exact) mass is 477 g/mol. The molecule has 0 saturated heterocycles. The first-order valence-electron chi connectivity index (χ1n) is 9.02. The molecule has 0 aromatic heterocycles. The summed E-state index contributed by atoms with van der Waals surface area (Å²) in [5.41, 5.74) is 4.06. The van der Waals surface area contributed by atoms with Crippen LogP contribution in [-0.2, 0) is 10.0 Å². The van der Waals surface area contributed by atoms with Crippen LogP contribution in [0.1, 0.15) is 20.7 Å². The Labute approximate surface area is 188 Å². The number of halogens is 2. The third-order valence-corrected chi connectivity index (χ3v) is 5.83. The van der Waals surface area contributed by atoms with Gasteiger partial charge in [-0.05, 0) is 60.7 Å². The maximum absolute atomic E-state index is 13.8. The van der Waals surface area contributed by atoms with Crippen molar-refractivity contribution in [1.29, 1.82) is 0 Å². The molecule has 8 nitrogen and oxygen atoms in total. The molecule has 3 N–H and O–H groups in total. The number of carbonyl (C=O) groups excluding carboxylic acids is 2. The number of hydrazine groups is 1. The van der Waals surface area contributed by atoms with Crippen molar-refractivity contribution >= 4 is 39.1 Å². The molecule has 0 bridgehead atoms. The van der Waals surface area contributed by atoms with Crippen molar-refractivity contribution in [3.05, 3.63) is 88.7 Å². The van der Waals surface area contributed by atoms with Gasteiger partial charge in [-0.15, -0.1) is 0 Å². The number of nitrogens with one attached hydrogen (secondary N) is 3. The van der Waals surface area contributed by atoms with Crippen LogP contribution in [0, 0.1) is 5.82 Å². The van der Waals surface area contributed by atoms with Gasteiger partial charge in [0.25, 0.3) is 21.8 Å². The molecule has 11 heteroatoms. The zero-order valence-electron chi connectivity index (χ0n) is 16.6. The fraction of sp³-hybridized carbons (Fsp3) is 0.0476. The average molecular weight is 478 g/mol. The van der Waals surface area contributed by atoms with Gasteiger partial charge in [0.2, 0.25) is 0 Å². The minimum atomic E-state index is -4.00. The van der Waals surface area contributed by atoms with Crippen LogP contribution in [0.25, 0.3) is 0 Å². The van der Waals surface area contributed by atoms with Crippen LogP contribution in [0.5, 0.6) is 5.75 Å². The number of rotatable bonds is 6. The van der Waals surface area contributed by atoms with E-state index in [0.29, 0.717) is 11.4 Å². The SMILES string of the molecule is COc1ccc(NS(=O)(=O)c2cccc(C(=O)NNC(=O)c3cc(Cl)ccc3F)c2)cc1. The van der Waals surface area contributed by atoms with E-state index in [2.05, 4.69) is 15.6 Å². The van der Waals surface area contributed by atoms with Gasteiger partial charge in [-0.3, -0.25) is 25.2 Å². The molecule has 0 atom stereocenters. The fourth-order valence-corrected chi connectivity index (χ4v) is 3.88. The minimum Gasteiger partial charge on any atom is -0.497 e. The van der Waals surface area contributed by atoms with E-state index in [4.69, 9.17) is 16.3 Å². The quantitative estimate of drug-likeness (QED) is 0.471. The summed E-state index contributed by atoms with van der Waals surface area (Å²) >= 11 is 5.75. The molecule has 0 aliphatic rings. The molecule has 3 rings (SSSR count). The first-order valence-corrected chi connectivity index (χ1v) is 10.9. The number of sulfonamides is 1. The highest BCUT2D eigenvalue weighted by molar-refractivity contribution is 7.92. The first-order chi connectivity index (χ1) is 15.2. The molecule has 0 saturated carbocycles. The Bertz CT molecular complexity index is 1270. The summed E-state index contributed by atoms with van der Waals surface area (Å²) in [7, 11) is -2.51. The number of methoxy groups -OCH3 is 1. The summed E-state index contributed by atoms with van der Waals surface area (Å²) in [4.78, 5) is 24.3. The Morgan fingerprint density at radius 3 is 2.31 bits per heavy atom. The Hall–Kier alpha value is -3.63. The molecular weight excluding hydrogens is 461 g/mol. The Morgan fingerprint density at radius 1 is 0.938 bits per heavy atom. The van der Waals surface area contributed by atoms with Crippen LogP contribution in [0.2, 0.25) is 5.02 Å². The van der Waals surface area contributed by atoms with Crippen molar-refractivity contribution in [1.82, 2.24) is 10.9 Å². The number of ether oxygens (including phenoxy) is 1. The Morgan fingerprint density at radius 2 is 1.62 bits per heavy atom. The predicted molar refractivity (Wildman–Crippen MR) is 117 cm³/mol. The number of hydrogen-bond acceptors (Lipinski definition) is 5. The van der Waals surface area contributed by atoms with E-state index in [1.165, 1.54) is 43.5 Å². The number of benzene rings is 3. The second-order valence-electron chi connectivity index (χ2n) is 6.39. The van der Waals surface area contributed by atoms with Gasteiger partial charge in [-0.1, -0.05) is 17.7 Å². The van der Waals surface area contributed by atoms with Gasteiger partial charge >= 0.3 is 0 Å². The summed E-state index contributed by atoms with van der Waals surface area (Å²) in [6.07, 6.45) is 0. The number of hydrogen-bond donors (Lipinski definition) is 3. The second-order valence-corrected chi connectivity index (χ2v) is 8.51. The average Bonchev–Trinajstić information content (AvgIpc) is 2.79. The topological polar surface area (TPSA) is 114 Å². The number of anilines is 1. The van der Waals surface area contributed by atoms with E-state index >= 15 is 0 Å². The molecule has 0 fully saturated rings.